The van der Waals surface area contributed by atoms with Gasteiger partial charge in [-0.15, -0.1) is 5.10 Å². The number of esters is 1. The van der Waals surface area contributed by atoms with Gasteiger partial charge in [0.15, 0.2) is 5.78 Å². The van der Waals surface area contributed by atoms with Gasteiger partial charge in [0.25, 0.3) is 0 Å². The van der Waals surface area contributed by atoms with Crippen LogP contribution in [0.2, 0.25) is 5.02 Å². The summed E-state index contributed by atoms with van der Waals surface area (Å²) in [5.74, 6) is 0.365. The van der Waals surface area contributed by atoms with E-state index in [1.54, 1.807) is 22.9 Å². The second kappa shape index (κ2) is 8.46. The number of nitrogens with zero attached hydrogens (tertiary/aromatic N) is 4. The SMILES string of the molecule is CCn1nnnc1SCc1cc(Cl)ccc1C(=O)OC1=CC(=O)CCC1. The Balaban J connectivity index is 1.77. The molecule has 0 atom stereocenters. The highest BCUT2D eigenvalue weighted by Crippen LogP contribution is 2.26. The molecule has 136 valence electrons. The fourth-order valence-corrected chi connectivity index (χ4v) is 3.66. The summed E-state index contributed by atoms with van der Waals surface area (Å²) in [6.07, 6.45) is 3.18. The second-order valence-electron chi connectivity index (χ2n) is 5.69. The van der Waals surface area contributed by atoms with Crippen molar-refractivity contribution in [1.29, 1.82) is 0 Å². The van der Waals surface area contributed by atoms with Crippen LogP contribution < -0.4 is 0 Å². The Morgan fingerprint density at radius 1 is 1.38 bits per heavy atom. The van der Waals surface area contributed by atoms with E-state index in [9.17, 15) is 9.59 Å². The van der Waals surface area contributed by atoms with Crippen molar-refractivity contribution in [2.24, 2.45) is 0 Å². The number of benzene rings is 1. The number of rotatable bonds is 6. The molecular formula is C17H17ClN4O3S. The fourth-order valence-electron chi connectivity index (χ4n) is 2.54. The van der Waals surface area contributed by atoms with Crippen molar-refractivity contribution in [3.05, 3.63) is 46.2 Å². The fraction of sp³-hybridized carbons (Fsp3) is 0.353. The zero-order chi connectivity index (χ0) is 18.5. The van der Waals surface area contributed by atoms with E-state index in [1.165, 1.54) is 17.8 Å². The first-order valence-electron chi connectivity index (χ1n) is 8.19. The van der Waals surface area contributed by atoms with Crippen molar-refractivity contribution in [3.8, 4) is 0 Å². The van der Waals surface area contributed by atoms with Gasteiger partial charge in [-0.3, -0.25) is 4.79 Å². The maximum Gasteiger partial charge on any atom is 0.343 e. The van der Waals surface area contributed by atoms with Crippen LogP contribution in [0.15, 0.2) is 35.2 Å². The summed E-state index contributed by atoms with van der Waals surface area (Å²) in [5.41, 5.74) is 1.14. The largest absolute Gasteiger partial charge is 0.427 e. The minimum Gasteiger partial charge on any atom is -0.427 e. The Bertz CT molecular complexity index is 865. The summed E-state index contributed by atoms with van der Waals surface area (Å²) in [6, 6.07) is 5.00. The van der Waals surface area contributed by atoms with Crippen LogP contribution in [0.5, 0.6) is 0 Å². The smallest absolute Gasteiger partial charge is 0.343 e. The molecule has 1 aromatic carbocycles. The van der Waals surface area contributed by atoms with Gasteiger partial charge in [-0.25, -0.2) is 9.48 Å². The van der Waals surface area contributed by atoms with Gasteiger partial charge in [0, 0.05) is 36.2 Å². The molecule has 0 spiro atoms. The van der Waals surface area contributed by atoms with Crippen molar-refractivity contribution in [3.63, 3.8) is 0 Å². The zero-order valence-corrected chi connectivity index (χ0v) is 15.7. The van der Waals surface area contributed by atoms with Gasteiger partial charge < -0.3 is 4.74 Å². The predicted molar refractivity (Wildman–Crippen MR) is 96.9 cm³/mol. The Labute approximate surface area is 159 Å². The first kappa shape index (κ1) is 18.6. The number of aryl methyl sites for hydroxylation is 1. The maximum absolute atomic E-state index is 12.6. The highest BCUT2D eigenvalue weighted by Gasteiger charge is 2.19. The third-order valence-electron chi connectivity index (χ3n) is 3.83. The molecule has 0 fully saturated rings. The van der Waals surface area contributed by atoms with Gasteiger partial charge in [-0.1, -0.05) is 23.4 Å². The molecule has 0 unspecified atom stereocenters. The number of thioether (sulfide) groups is 1. The number of hydrogen-bond acceptors (Lipinski definition) is 7. The van der Waals surface area contributed by atoms with Crippen molar-refractivity contribution >= 4 is 35.1 Å². The molecule has 1 aliphatic carbocycles. The van der Waals surface area contributed by atoms with Crippen LogP contribution in [0.1, 0.15) is 42.1 Å². The minimum atomic E-state index is -0.492. The van der Waals surface area contributed by atoms with E-state index in [1.807, 2.05) is 6.92 Å². The average molecular weight is 393 g/mol. The van der Waals surface area contributed by atoms with Gasteiger partial charge in [0.2, 0.25) is 5.16 Å². The number of carbonyl (C=O) groups excluding carboxylic acids is 2. The number of ether oxygens (including phenoxy) is 1. The molecule has 0 N–H and O–H groups in total. The van der Waals surface area contributed by atoms with Crippen LogP contribution in [0.3, 0.4) is 0 Å². The topological polar surface area (TPSA) is 87.0 Å². The lowest BCUT2D eigenvalue weighted by Crippen LogP contribution is -2.12. The van der Waals surface area contributed by atoms with Gasteiger partial charge in [-0.2, -0.15) is 0 Å². The van der Waals surface area contributed by atoms with Gasteiger partial charge in [0.1, 0.15) is 5.76 Å². The number of aromatic nitrogens is 4. The van der Waals surface area contributed by atoms with E-state index >= 15 is 0 Å². The highest BCUT2D eigenvalue weighted by atomic mass is 35.5. The Hall–Kier alpha value is -2.19. The molecule has 0 amide bonds. The van der Waals surface area contributed by atoms with Gasteiger partial charge in [-0.05, 0) is 47.5 Å². The Kier molecular flexibility index (Phi) is 6.05. The molecule has 1 aromatic heterocycles. The van der Waals surface area contributed by atoms with Crippen molar-refractivity contribution in [2.45, 2.75) is 43.6 Å². The number of allylic oxidation sites excluding steroid dienone is 2. The number of tetrazole rings is 1. The molecule has 3 rings (SSSR count). The first-order valence-corrected chi connectivity index (χ1v) is 9.56. The second-order valence-corrected chi connectivity index (χ2v) is 7.07. The first-order chi connectivity index (χ1) is 12.6. The van der Waals surface area contributed by atoms with E-state index < -0.39 is 5.97 Å². The molecule has 2 aromatic rings. The quantitative estimate of drug-likeness (QED) is 0.549. The molecule has 1 heterocycles. The molecule has 0 saturated carbocycles. The van der Waals surface area contributed by atoms with Crippen LogP contribution in [-0.2, 0) is 21.8 Å². The molecule has 0 aliphatic heterocycles. The molecule has 0 radical (unpaired) electrons. The third-order valence-corrected chi connectivity index (χ3v) is 5.08. The molecule has 7 nitrogen and oxygen atoms in total. The summed E-state index contributed by atoms with van der Waals surface area (Å²) >= 11 is 7.50. The summed E-state index contributed by atoms with van der Waals surface area (Å²) in [7, 11) is 0. The zero-order valence-electron chi connectivity index (χ0n) is 14.1. The molecule has 26 heavy (non-hydrogen) atoms. The summed E-state index contributed by atoms with van der Waals surface area (Å²) in [5, 5.41) is 12.7. The number of hydrogen-bond donors (Lipinski definition) is 0. The Morgan fingerprint density at radius 3 is 3.00 bits per heavy atom. The number of halogens is 1. The van der Waals surface area contributed by atoms with Crippen LogP contribution >= 0.6 is 23.4 Å². The number of carbonyl (C=O) groups is 2. The van der Waals surface area contributed by atoms with E-state index in [0.717, 1.165) is 5.56 Å². The molecular weight excluding hydrogens is 376 g/mol. The normalized spacial score (nSPS) is 14.2. The molecule has 0 saturated heterocycles. The maximum atomic E-state index is 12.6. The van der Waals surface area contributed by atoms with Crippen LogP contribution in [-0.4, -0.2) is 32.0 Å². The predicted octanol–water partition coefficient (Wildman–Crippen LogP) is 3.43. The van der Waals surface area contributed by atoms with Crippen molar-refractivity contribution in [1.82, 2.24) is 20.2 Å². The lowest BCUT2D eigenvalue weighted by Gasteiger charge is -2.14. The summed E-state index contributed by atoms with van der Waals surface area (Å²) in [6.45, 7) is 2.60. The lowest BCUT2D eigenvalue weighted by atomic mass is 10.0. The molecule has 9 heteroatoms. The van der Waals surface area contributed by atoms with Crippen LogP contribution in [0.4, 0.5) is 0 Å². The van der Waals surface area contributed by atoms with Crippen molar-refractivity contribution < 1.29 is 14.3 Å². The summed E-state index contributed by atoms with van der Waals surface area (Å²) < 4.78 is 7.09. The minimum absolute atomic E-state index is 0.0164. The Morgan fingerprint density at radius 2 is 2.23 bits per heavy atom. The van der Waals surface area contributed by atoms with Crippen LogP contribution in [0.25, 0.3) is 0 Å². The lowest BCUT2D eigenvalue weighted by molar-refractivity contribution is -0.115. The number of ketones is 1. The van der Waals surface area contributed by atoms with Crippen molar-refractivity contribution in [2.75, 3.05) is 0 Å². The third kappa shape index (κ3) is 4.50. The van der Waals surface area contributed by atoms with Gasteiger partial charge in [0.05, 0.1) is 5.56 Å². The standard InChI is InChI=1S/C17H17ClN4O3S/c1-2-22-17(19-20-21-22)26-10-11-8-12(18)6-7-15(11)16(24)25-14-5-3-4-13(23)9-14/h6-9H,2-5,10H2,1H3. The molecule has 0 bridgehead atoms. The van der Waals surface area contributed by atoms with E-state index in [-0.39, 0.29) is 5.78 Å². The highest BCUT2D eigenvalue weighted by molar-refractivity contribution is 7.98. The van der Waals surface area contributed by atoms with Crippen LogP contribution in [0, 0.1) is 0 Å². The van der Waals surface area contributed by atoms with E-state index in [2.05, 4.69) is 15.5 Å². The van der Waals surface area contributed by atoms with E-state index in [0.29, 0.717) is 53.1 Å². The van der Waals surface area contributed by atoms with E-state index in [4.69, 9.17) is 16.3 Å². The summed E-state index contributed by atoms with van der Waals surface area (Å²) in [4.78, 5) is 24.1. The molecule has 1 aliphatic rings. The average Bonchev–Trinajstić information content (AvgIpc) is 3.07. The van der Waals surface area contributed by atoms with Gasteiger partial charge >= 0.3 is 5.97 Å². The monoisotopic (exact) mass is 392 g/mol.